The number of benzene rings is 1. The zero-order chi connectivity index (χ0) is 8.97. The molecule has 0 N–H and O–H groups in total. The predicted molar refractivity (Wildman–Crippen MR) is 42.8 cm³/mol. The molecule has 0 heterocycles. The first-order chi connectivity index (χ1) is 5.68. The van der Waals surface area contributed by atoms with Crippen molar-refractivity contribution in [2.75, 3.05) is 6.61 Å². The van der Waals surface area contributed by atoms with Crippen LogP contribution in [0.25, 0.3) is 0 Å². The maximum absolute atomic E-state index is 12.5. The summed E-state index contributed by atoms with van der Waals surface area (Å²) in [6, 6.07) is 5.50. The lowest BCUT2D eigenvalue weighted by Crippen LogP contribution is -2.04. The second kappa shape index (κ2) is 4.07. The van der Waals surface area contributed by atoms with Gasteiger partial charge >= 0.3 is 0 Å². The van der Waals surface area contributed by atoms with E-state index in [9.17, 15) is 9.18 Å². The molecule has 1 aromatic rings. The number of hydrogen-bond acceptors (Lipinski definition) is 2. The van der Waals surface area contributed by atoms with Crippen molar-refractivity contribution < 1.29 is 13.9 Å². The van der Waals surface area contributed by atoms with Crippen LogP contribution in [0.15, 0.2) is 24.3 Å². The van der Waals surface area contributed by atoms with Crippen molar-refractivity contribution in [1.29, 1.82) is 0 Å². The van der Waals surface area contributed by atoms with E-state index < -0.39 is 11.1 Å². The number of ether oxygens (including phenoxy) is 1. The Hall–Kier alpha value is -1.09. The summed E-state index contributed by atoms with van der Waals surface area (Å²) in [5.41, 5.74) is 0. The molecule has 0 bridgehead atoms. The van der Waals surface area contributed by atoms with Crippen molar-refractivity contribution in [3.63, 3.8) is 0 Å². The van der Waals surface area contributed by atoms with Crippen LogP contribution >= 0.6 is 11.6 Å². The second-order valence-electron chi connectivity index (χ2n) is 2.10. The van der Waals surface area contributed by atoms with E-state index in [4.69, 9.17) is 16.3 Å². The first kappa shape index (κ1) is 9.00. The third-order valence-corrected chi connectivity index (χ3v) is 1.26. The zero-order valence-corrected chi connectivity index (χ0v) is 6.84. The largest absolute Gasteiger partial charge is 0.484 e. The Kier molecular flexibility index (Phi) is 3.05. The molecule has 0 fully saturated rings. The summed E-state index contributed by atoms with van der Waals surface area (Å²) in [5.74, 6) is -0.112. The molecule has 0 saturated heterocycles. The second-order valence-corrected chi connectivity index (χ2v) is 2.52. The molecule has 0 aliphatic carbocycles. The summed E-state index contributed by atoms with van der Waals surface area (Å²) in [5, 5.41) is -0.612. The summed E-state index contributed by atoms with van der Waals surface area (Å²) in [6.07, 6.45) is 0. The van der Waals surface area contributed by atoms with Crippen LogP contribution in [0.3, 0.4) is 0 Å². The maximum atomic E-state index is 12.5. The van der Waals surface area contributed by atoms with Gasteiger partial charge in [0.2, 0.25) is 0 Å². The smallest absolute Gasteiger partial charge is 0.259 e. The van der Waals surface area contributed by atoms with Gasteiger partial charge in [0, 0.05) is 6.07 Å². The number of rotatable bonds is 3. The lowest BCUT2D eigenvalue weighted by molar-refractivity contribution is -0.113. The van der Waals surface area contributed by atoms with Gasteiger partial charge in [-0.3, -0.25) is 4.79 Å². The van der Waals surface area contributed by atoms with Gasteiger partial charge < -0.3 is 4.74 Å². The van der Waals surface area contributed by atoms with Gasteiger partial charge in [-0.1, -0.05) is 6.07 Å². The molecule has 0 amide bonds. The summed E-state index contributed by atoms with van der Waals surface area (Å²) in [7, 11) is 0. The number of carbonyl (C=O) groups is 1. The Balaban J connectivity index is 2.57. The van der Waals surface area contributed by atoms with E-state index in [1.807, 2.05) is 0 Å². The minimum absolute atomic E-state index is 0.245. The van der Waals surface area contributed by atoms with E-state index in [1.54, 1.807) is 6.07 Å². The van der Waals surface area contributed by atoms with Gasteiger partial charge in [0.05, 0.1) is 0 Å². The molecule has 1 rings (SSSR count). The van der Waals surface area contributed by atoms with E-state index in [0.717, 1.165) is 0 Å². The fraction of sp³-hybridized carbons (Fsp3) is 0.125. The molecule has 0 aliphatic heterocycles. The number of carbonyl (C=O) groups excluding carboxylic acids is 1. The topological polar surface area (TPSA) is 26.3 Å². The first-order valence-corrected chi connectivity index (χ1v) is 3.63. The van der Waals surface area contributed by atoms with Gasteiger partial charge in [0.25, 0.3) is 5.24 Å². The fourth-order valence-corrected chi connectivity index (χ4v) is 0.751. The van der Waals surface area contributed by atoms with E-state index in [1.165, 1.54) is 18.2 Å². The Morgan fingerprint density at radius 3 is 2.92 bits per heavy atom. The van der Waals surface area contributed by atoms with E-state index >= 15 is 0 Å². The molecule has 0 radical (unpaired) electrons. The van der Waals surface area contributed by atoms with Crippen molar-refractivity contribution in [2.24, 2.45) is 0 Å². The number of hydrogen-bond donors (Lipinski definition) is 0. The van der Waals surface area contributed by atoms with Crippen LogP contribution in [0, 0.1) is 5.82 Å². The molecule has 1 aromatic carbocycles. The third kappa shape index (κ3) is 2.88. The summed E-state index contributed by atoms with van der Waals surface area (Å²) >= 11 is 5.01. The Labute approximate surface area is 73.9 Å². The average molecular weight is 189 g/mol. The van der Waals surface area contributed by atoms with Gasteiger partial charge in [0.15, 0.2) is 6.61 Å². The molecule has 4 heteroatoms. The highest BCUT2D eigenvalue weighted by molar-refractivity contribution is 6.63. The van der Waals surface area contributed by atoms with Crippen LogP contribution in [0.2, 0.25) is 0 Å². The van der Waals surface area contributed by atoms with Crippen LogP contribution in [0.5, 0.6) is 5.75 Å². The average Bonchev–Trinajstić information content (AvgIpc) is 2.01. The minimum atomic E-state index is -0.612. The predicted octanol–water partition coefficient (Wildman–Crippen LogP) is 1.97. The Morgan fingerprint density at radius 2 is 2.33 bits per heavy atom. The summed E-state index contributed by atoms with van der Waals surface area (Å²) in [6.45, 7) is -0.245. The molecule has 0 unspecified atom stereocenters. The highest BCUT2D eigenvalue weighted by Crippen LogP contribution is 2.11. The zero-order valence-electron chi connectivity index (χ0n) is 6.09. The summed E-state index contributed by atoms with van der Waals surface area (Å²) in [4.78, 5) is 10.2. The van der Waals surface area contributed by atoms with Crippen molar-refractivity contribution >= 4 is 16.8 Å². The SMILES string of the molecule is O=C(Cl)COc1cccc(F)c1. The molecule has 0 saturated carbocycles. The van der Waals surface area contributed by atoms with E-state index in [-0.39, 0.29) is 6.61 Å². The molecule has 64 valence electrons. The number of halogens is 2. The lowest BCUT2D eigenvalue weighted by Gasteiger charge is -2.01. The molecule has 0 spiro atoms. The highest BCUT2D eigenvalue weighted by atomic mass is 35.5. The van der Waals surface area contributed by atoms with Crippen LogP contribution in [-0.2, 0) is 4.79 Å². The van der Waals surface area contributed by atoms with Crippen molar-refractivity contribution in [2.45, 2.75) is 0 Å². The summed E-state index contributed by atoms with van der Waals surface area (Å²) < 4.78 is 17.3. The fourth-order valence-electron chi connectivity index (χ4n) is 0.697. The van der Waals surface area contributed by atoms with Crippen molar-refractivity contribution in [1.82, 2.24) is 0 Å². The van der Waals surface area contributed by atoms with Gasteiger partial charge in [-0.15, -0.1) is 0 Å². The van der Waals surface area contributed by atoms with E-state index in [2.05, 4.69) is 0 Å². The lowest BCUT2D eigenvalue weighted by atomic mass is 10.3. The molecule has 0 aliphatic rings. The van der Waals surface area contributed by atoms with Crippen LogP contribution in [0.4, 0.5) is 4.39 Å². The van der Waals surface area contributed by atoms with Crippen LogP contribution in [0.1, 0.15) is 0 Å². The van der Waals surface area contributed by atoms with Gasteiger partial charge in [0.1, 0.15) is 11.6 Å². The molecular weight excluding hydrogens is 183 g/mol. The quantitative estimate of drug-likeness (QED) is 0.678. The molecule has 2 nitrogen and oxygen atoms in total. The van der Waals surface area contributed by atoms with Gasteiger partial charge in [-0.25, -0.2) is 4.39 Å². The standard InChI is InChI=1S/C8H6ClFO2/c9-8(11)5-12-7-3-1-2-6(10)4-7/h1-4H,5H2. The molecular formula is C8H6ClFO2. The molecule has 12 heavy (non-hydrogen) atoms. The van der Waals surface area contributed by atoms with Crippen molar-refractivity contribution in [3.05, 3.63) is 30.1 Å². The normalized spacial score (nSPS) is 9.50. The van der Waals surface area contributed by atoms with Crippen molar-refractivity contribution in [3.8, 4) is 5.75 Å². The third-order valence-electron chi connectivity index (χ3n) is 1.15. The van der Waals surface area contributed by atoms with Gasteiger partial charge in [-0.05, 0) is 23.7 Å². The maximum Gasteiger partial charge on any atom is 0.259 e. The van der Waals surface area contributed by atoms with Gasteiger partial charge in [-0.2, -0.15) is 0 Å². The van der Waals surface area contributed by atoms with Crippen LogP contribution < -0.4 is 4.74 Å². The Morgan fingerprint density at radius 1 is 1.58 bits per heavy atom. The van der Waals surface area contributed by atoms with Crippen LogP contribution in [-0.4, -0.2) is 11.8 Å². The highest BCUT2D eigenvalue weighted by Gasteiger charge is 1.98. The monoisotopic (exact) mass is 188 g/mol. The first-order valence-electron chi connectivity index (χ1n) is 3.25. The Bertz CT molecular complexity index is 288. The minimum Gasteiger partial charge on any atom is -0.484 e. The van der Waals surface area contributed by atoms with E-state index in [0.29, 0.717) is 5.75 Å². The molecule has 0 aromatic heterocycles. The molecule has 0 atom stereocenters.